The minimum absolute atomic E-state index is 0.0715. The second-order valence-electron chi connectivity index (χ2n) is 11.8. The zero-order valence-corrected chi connectivity index (χ0v) is 29.0. The summed E-state index contributed by atoms with van der Waals surface area (Å²) in [7, 11) is 9.75. The standard InChI is InChI=1S/C38H45NO8/c1-21-16-27-28(32(41-5)23(3)34(43-7)36(27)45-9)17-26(21)38(40)39-18-22(2)30-31(29(39)20-47-19-25-14-12-11-13-15-25)37(46-10)35(44-8)24(4)33(30)42-6/h11-16,18,26,29H,17,19-20H2,1-10H3. The number of fused-ring (bicyclic) bond motifs is 2. The predicted octanol–water partition coefficient (Wildman–Crippen LogP) is 7.09. The molecule has 3 aromatic rings. The van der Waals surface area contributed by atoms with Gasteiger partial charge in [0, 0.05) is 39.6 Å². The van der Waals surface area contributed by atoms with Crippen LogP contribution in [-0.2, 0) is 22.6 Å². The fourth-order valence-corrected chi connectivity index (χ4v) is 7.09. The molecular formula is C38H45NO8. The first kappa shape index (κ1) is 33.7. The summed E-state index contributed by atoms with van der Waals surface area (Å²) in [5.41, 5.74) is 7.86. The summed E-state index contributed by atoms with van der Waals surface area (Å²) in [4.78, 5) is 16.7. The lowest BCUT2D eigenvalue weighted by atomic mass is 9.80. The highest BCUT2D eigenvalue weighted by atomic mass is 16.5. The molecule has 5 rings (SSSR count). The first-order chi connectivity index (χ1) is 22.7. The van der Waals surface area contributed by atoms with E-state index >= 15 is 0 Å². The number of methoxy groups -OCH3 is 6. The van der Waals surface area contributed by atoms with Gasteiger partial charge >= 0.3 is 0 Å². The van der Waals surface area contributed by atoms with E-state index in [0.717, 1.165) is 50.1 Å². The van der Waals surface area contributed by atoms with Crippen LogP contribution in [0.3, 0.4) is 0 Å². The molecule has 0 fully saturated rings. The number of benzene rings is 3. The quantitative estimate of drug-likeness (QED) is 0.219. The first-order valence-electron chi connectivity index (χ1n) is 15.6. The molecule has 0 aromatic heterocycles. The third kappa shape index (κ3) is 5.78. The number of amides is 1. The van der Waals surface area contributed by atoms with Gasteiger partial charge in [0.05, 0.1) is 67.8 Å². The molecule has 0 bridgehead atoms. The maximum Gasteiger partial charge on any atom is 0.234 e. The molecule has 0 spiro atoms. The molecule has 250 valence electrons. The minimum atomic E-state index is -0.536. The molecule has 2 aliphatic rings. The normalized spacial score (nSPS) is 16.8. The smallest absolute Gasteiger partial charge is 0.234 e. The van der Waals surface area contributed by atoms with Gasteiger partial charge in [0.2, 0.25) is 5.91 Å². The topological polar surface area (TPSA) is 84.9 Å². The van der Waals surface area contributed by atoms with Gasteiger partial charge in [-0.2, -0.15) is 0 Å². The average Bonchev–Trinajstić information content (AvgIpc) is 3.08. The summed E-state index contributed by atoms with van der Waals surface area (Å²) < 4.78 is 41.7. The van der Waals surface area contributed by atoms with Gasteiger partial charge in [0.25, 0.3) is 0 Å². The lowest BCUT2D eigenvalue weighted by Crippen LogP contribution is -2.41. The Morgan fingerprint density at radius 1 is 0.745 bits per heavy atom. The largest absolute Gasteiger partial charge is 0.496 e. The fourth-order valence-electron chi connectivity index (χ4n) is 7.09. The predicted molar refractivity (Wildman–Crippen MR) is 182 cm³/mol. The zero-order chi connectivity index (χ0) is 34.0. The number of rotatable bonds is 11. The number of ether oxygens (including phenoxy) is 7. The van der Waals surface area contributed by atoms with Crippen LogP contribution in [0.2, 0.25) is 0 Å². The molecule has 47 heavy (non-hydrogen) atoms. The Labute approximate surface area is 277 Å². The van der Waals surface area contributed by atoms with Crippen molar-refractivity contribution in [1.82, 2.24) is 4.90 Å². The van der Waals surface area contributed by atoms with Gasteiger partial charge in [-0.3, -0.25) is 4.79 Å². The number of hydrogen-bond donors (Lipinski definition) is 0. The summed E-state index contributed by atoms with van der Waals surface area (Å²) in [6, 6.07) is 9.43. The molecule has 1 heterocycles. The van der Waals surface area contributed by atoms with Gasteiger partial charge in [-0.25, -0.2) is 0 Å². The van der Waals surface area contributed by atoms with Gasteiger partial charge < -0.3 is 38.1 Å². The van der Waals surface area contributed by atoms with E-state index in [1.54, 1.807) is 47.6 Å². The van der Waals surface area contributed by atoms with Crippen molar-refractivity contribution < 1.29 is 38.0 Å². The van der Waals surface area contributed by atoms with Gasteiger partial charge in [0.15, 0.2) is 23.0 Å². The Balaban J connectivity index is 1.63. The number of nitrogens with zero attached hydrogens (tertiary/aromatic N) is 1. The lowest BCUT2D eigenvalue weighted by molar-refractivity contribution is -0.135. The third-order valence-corrected chi connectivity index (χ3v) is 9.25. The van der Waals surface area contributed by atoms with Crippen molar-refractivity contribution >= 4 is 17.6 Å². The van der Waals surface area contributed by atoms with Crippen LogP contribution < -0.4 is 28.4 Å². The van der Waals surface area contributed by atoms with Gasteiger partial charge in [0.1, 0.15) is 11.5 Å². The number of hydrogen-bond acceptors (Lipinski definition) is 8. The fraction of sp³-hybridized carbons (Fsp3) is 0.395. The molecular weight excluding hydrogens is 598 g/mol. The summed E-state index contributed by atoms with van der Waals surface area (Å²) in [6.07, 6.45) is 4.34. The Morgan fingerprint density at radius 3 is 1.91 bits per heavy atom. The first-order valence-corrected chi connectivity index (χ1v) is 15.6. The molecule has 0 saturated carbocycles. The van der Waals surface area contributed by atoms with Crippen LogP contribution in [-0.4, -0.2) is 60.1 Å². The van der Waals surface area contributed by atoms with Crippen molar-refractivity contribution in [2.24, 2.45) is 5.92 Å². The van der Waals surface area contributed by atoms with Crippen molar-refractivity contribution in [2.45, 2.75) is 46.8 Å². The Morgan fingerprint density at radius 2 is 1.32 bits per heavy atom. The van der Waals surface area contributed by atoms with Crippen LogP contribution >= 0.6 is 0 Å². The van der Waals surface area contributed by atoms with Crippen LogP contribution in [0.5, 0.6) is 34.5 Å². The van der Waals surface area contributed by atoms with Crippen molar-refractivity contribution in [3.63, 3.8) is 0 Å². The average molecular weight is 644 g/mol. The van der Waals surface area contributed by atoms with Gasteiger partial charge in [-0.15, -0.1) is 0 Å². The molecule has 9 nitrogen and oxygen atoms in total. The van der Waals surface area contributed by atoms with E-state index in [0.29, 0.717) is 47.5 Å². The Bertz CT molecular complexity index is 1730. The van der Waals surface area contributed by atoms with Crippen LogP contribution in [0.4, 0.5) is 0 Å². The molecule has 1 aliphatic heterocycles. The molecule has 2 unspecified atom stereocenters. The van der Waals surface area contributed by atoms with E-state index in [1.807, 2.05) is 70.3 Å². The van der Waals surface area contributed by atoms with E-state index in [4.69, 9.17) is 33.2 Å². The number of carbonyl (C=O) groups is 1. The van der Waals surface area contributed by atoms with Crippen LogP contribution in [0, 0.1) is 19.8 Å². The maximum atomic E-state index is 14.9. The zero-order valence-electron chi connectivity index (χ0n) is 29.0. The molecule has 1 amide bonds. The highest BCUT2D eigenvalue weighted by Gasteiger charge is 2.41. The highest BCUT2D eigenvalue weighted by molar-refractivity contribution is 5.91. The molecule has 0 radical (unpaired) electrons. The van der Waals surface area contributed by atoms with E-state index < -0.39 is 12.0 Å². The number of carbonyl (C=O) groups excluding carboxylic acids is 1. The van der Waals surface area contributed by atoms with Gasteiger partial charge in [-0.1, -0.05) is 42.0 Å². The minimum Gasteiger partial charge on any atom is -0.496 e. The summed E-state index contributed by atoms with van der Waals surface area (Å²) >= 11 is 0. The second kappa shape index (κ2) is 14.0. The number of allylic oxidation sites excluding steroid dienone is 1. The molecule has 1 aliphatic carbocycles. The Hall–Kier alpha value is -4.63. The highest BCUT2D eigenvalue weighted by Crippen LogP contribution is 2.53. The van der Waals surface area contributed by atoms with Crippen LogP contribution in [0.15, 0.2) is 42.1 Å². The van der Waals surface area contributed by atoms with E-state index in [1.165, 1.54) is 0 Å². The lowest BCUT2D eigenvalue weighted by Gasteiger charge is -2.39. The van der Waals surface area contributed by atoms with Crippen LogP contribution in [0.25, 0.3) is 11.6 Å². The maximum absolute atomic E-state index is 14.9. The molecule has 9 heteroatoms. The second-order valence-corrected chi connectivity index (χ2v) is 11.8. The van der Waals surface area contributed by atoms with Crippen molar-refractivity contribution in [1.29, 1.82) is 0 Å². The van der Waals surface area contributed by atoms with E-state index in [2.05, 4.69) is 0 Å². The van der Waals surface area contributed by atoms with Crippen molar-refractivity contribution in [3.8, 4) is 34.5 Å². The summed E-state index contributed by atoms with van der Waals surface area (Å²) in [5, 5.41) is 0. The molecule has 0 N–H and O–H groups in total. The monoisotopic (exact) mass is 643 g/mol. The SMILES string of the molecule is COc1c(C)c(OC)c(OC)c2c1CC(C(=O)N1C=C(C)c3c(OC)c(C)c(OC)c(OC)c3C1COCc1ccccc1)C(C)=C2. The molecule has 3 aromatic carbocycles. The van der Waals surface area contributed by atoms with E-state index in [-0.39, 0.29) is 12.5 Å². The third-order valence-electron chi connectivity index (χ3n) is 9.25. The van der Waals surface area contributed by atoms with E-state index in [9.17, 15) is 4.79 Å². The van der Waals surface area contributed by atoms with Crippen molar-refractivity contribution in [3.05, 3.63) is 81.0 Å². The van der Waals surface area contributed by atoms with Gasteiger partial charge in [-0.05, 0) is 45.3 Å². The molecule has 0 saturated heterocycles. The Kier molecular flexibility index (Phi) is 10.1. The summed E-state index contributed by atoms with van der Waals surface area (Å²) in [6.45, 7) is 8.44. The van der Waals surface area contributed by atoms with Crippen LogP contribution in [0.1, 0.15) is 58.8 Å². The summed E-state index contributed by atoms with van der Waals surface area (Å²) in [5.74, 6) is 3.16. The molecule has 2 atom stereocenters. The van der Waals surface area contributed by atoms with Crippen molar-refractivity contribution in [2.75, 3.05) is 49.3 Å².